The highest BCUT2D eigenvalue weighted by atomic mass is 16.5. The van der Waals surface area contributed by atoms with Crippen molar-refractivity contribution in [2.75, 3.05) is 46.4 Å². The lowest BCUT2D eigenvalue weighted by molar-refractivity contribution is 0.142. The fraction of sp³-hybridized carbons (Fsp3) is 0.929. The summed E-state index contributed by atoms with van der Waals surface area (Å²) in [6.07, 6.45) is 6.34. The molecule has 2 heterocycles. The number of piperidine rings is 1. The van der Waals surface area contributed by atoms with Gasteiger partial charge < -0.3 is 15.4 Å². The quantitative estimate of drug-likeness (QED) is 0.594. The minimum atomic E-state index is 0.554. The van der Waals surface area contributed by atoms with Gasteiger partial charge in [-0.2, -0.15) is 0 Å². The van der Waals surface area contributed by atoms with Crippen molar-refractivity contribution in [1.29, 1.82) is 0 Å². The molecule has 0 radical (unpaired) electrons. The monoisotopic (exact) mass is 268 g/mol. The molecule has 2 fully saturated rings. The zero-order valence-corrected chi connectivity index (χ0v) is 12.2. The zero-order valence-electron chi connectivity index (χ0n) is 12.2. The van der Waals surface area contributed by atoms with E-state index in [1.807, 2.05) is 0 Å². The lowest BCUT2D eigenvalue weighted by atomic mass is 10.1. The smallest absolute Gasteiger partial charge is 0.191 e. The van der Waals surface area contributed by atoms with Crippen LogP contribution in [0.2, 0.25) is 0 Å². The molecule has 2 N–H and O–H groups in total. The van der Waals surface area contributed by atoms with Crippen LogP contribution < -0.4 is 5.73 Å². The molecule has 2 aliphatic heterocycles. The van der Waals surface area contributed by atoms with Gasteiger partial charge in [0.15, 0.2) is 5.96 Å². The second kappa shape index (κ2) is 7.70. The van der Waals surface area contributed by atoms with Crippen molar-refractivity contribution in [1.82, 2.24) is 9.80 Å². The first-order chi connectivity index (χ1) is 9.31. The van der Waals surface area contributed by atoms with Crippen LogP contribution in [0, 0.1) is 0 Å². The van der Waals surface area contributed by atoms with Crippen molar-refractivity contribution in [3.8, 4) is 0 Å². The number of methoxy groups -OCH3 is 1. The number of rotatable bonds is 5. The average molecular weight is 268 g/mol. The molecule has 2 saturated heterocycles. The van der Waals surface area contributed by atoms with E-state index in [1.54, 1.807) is 7.11 Å². The van der Waals surface area contributed by atoms with Crippen LogP contribution in [-0.2, 0) is 4.74 Å². The van der Waals surface area contributed by atoms with Crippen LogP contribution in [0.5, 0.6) is 0 Å². The zero-order chi connectivity index (χ0) is 13.5. The number of hydrogen-bond acceptors (Lipinski definition) is 3. The molecule has 0 aliphatic carbocycles. The number of ether oxygens (including phenoxy) is 1. The average Bonchev–Trinajstić information content (AvgIpc) is 2.91. The van der Waals surface area contributed by atoms with Gasteiger partial charge in [-0.1, -0.05) is 0 Å². The van der Waals surface area contributed by atoms with Gasteiger partial charge in [0.2, 0.25) is 0 Å². The Hall–Kier alpha value is -0.810. The number of likely N-dealkylation sites (tertiary alicyclic amines) is 2. The minimum Gasteiger partial charge on any atom is -0.383 e. The summed E-state index contributed by atoms with van der Waals surface area (Å²) in [4.78, 5) is 9.34. The fourth-order valence-electron chi connectivity index (χ4n) is 3.03. The van der Waals surface area contributed by atoms with Crippen LogP contribution >= 0.6 is 0 Å². The van der Waals surface area contributed by atoms with Gasteiger partial charge in [0.25, 0.3) is 0 Å². The Morgan fingerprint density at radius 1 is 1.21 bits per heavy atom. The first kappa shape index (κ1) is 14.6. The molecule has 1 atom stereocenters. The summed E-state index contributed by atoms with van der Waals surface area (Å²) in [6, 6.07) is 0.554. The third kappa shape index (κ3) is 4.35. The number of nitrogens with two attached hydrogens (primary N) is 1. The predicted octanol–water partition coefficient (Wildman–Crippen LogP) is 0.898. The molecule has 5 nitrogen and oxygen atoms in total. The Balaban J connectivity index is 1.78. The molecule has 0 aromatic carbocycles. The van der Waals surface area contributed by atoms with Crippen LogP contribution in [0.1, 0.15) is 32.1 Å². The molecule has 2 aliphatic rings. The third-order valence-corrected chi connectivity index (χ3v) is 4.23. The molecule has 0 amide bonds. The molecule has 1 unspecified atom stereocenters. The van der Waals surface area contributed by atoms with Crippen LogP contribution in [0.4, 0.5) is 0 Å². The Labute approximate surface area is 116 Å². The van der Waals surface area contributed by atoms with Gasteiger partial charge in [-0.15, -0.1) is 0 Å². The topological polar surface area (TPSA) is 54.1 Å². The highest BCUT2D eigenvalue weighted by Gasteiger charge is 2.24. The van der Waals surface area contributed by atoms with Crippen LogP contribution in [0.3, 0.4) is 0 Å². The first-order valence-electron chi connectivity index (χ1n) is 7.59. The molecule has 19 heavy (non-hydrogen) atoms. The number of hydrogen-bond donors (Lipinski definition) is 1. The molecular weight excluding hydrogens is 240 g/mol. The highest BCUT2D eigenvalue weighted by molar-refractivity contribution is 5.78. The Bertz CT molecular complexity index is 289. The van der Waals surface area contributed by atoms with E-state index in [0.29, 0.717) is 6.04 Å². The molecule has 0 aromatic heterocycles. The van der Waals surface area contributed by atoms with Crippen molar-refractivity contribution in [3.05, 3.63) is 0 Å². The molecule has 0 aromatic rings. The molecule has 0 saturated carbocycles. The van der Waals surface area contributed by atoms with Crippen LogP contribution in [0.15, 0.2) is 4.99 Å². The molecule has 2 rings (SSSR count). The van der Waals surface area contributed by atoms with Crippen molar-refractivity contribution in [2.24, 2.45) is 10.7 Å². The SMILES string of the molecule is COCCN1CCCC1CN=C(N)N1CCCCC1. The summed E-state index contributed by atoms with van der Waals surface area (Å²) in [7, 11) is 1.76. The van der Waals surface area contributed by atoms with Gasteiger partial charge in [0, 0.05) is 32.8 Å². The number of nitrogens with zero attached hydrogens (tertiary/aromatic N) is 3. The summed E-state index contributed by atoms with van der Waals surface area (Å²) in [5.41, 5.74) is 6.10. The van der Waals surface area contributed by atoms with Crippen LogP contribution in [-0.4, -0.2) is 68.2 Å². The van der Waals surface area contributed by atoms with E-state index < -0.39 is 0 Å². The summed E-state index contributed by atoms with van der Waals surface area (Å²) in [5, 5.41) is 0. The molecule has 5 heteroatoms. The van der Waals surface area contributed by atoms with Crippen molar-refractivity contribution >= 4 is 5.96 Å². The lowest BCUT2D eigenvalue weighted by Gasteiger charge is -2.28. The second-order valence-electron chi connectivity index (χ2n) is 5.57. The predicted molar refractivity (Wildman–Crippen MR) is 78.4 cm³/mol. The summed E-state index contributed by atoms with van der Waals surface area (Å²) >= 11 is 0. The van der Waals surface area contributed by atoms with Crippen molar-refractivity contribution in [2.45, 2.75) is 38.1 Å². The van der Waals surface area contributed by atoms with Gasteiger partial charge in [0.05, 0.1) is 13.2 Å². The Kier molecular flexibility index (Phi) is 5.92. The van der Waals surface area contributed by atoms with E-state index in [1.165, 1.54) is 38.6 Å². The first-order valence-corrected chi connectivity index (χ1v) is 7.59. The molecule has 0 spiro atoms. The lowest BCUT2D eigenvalue weighted by Crippen LogP contribution is -2.42. The summed E-state index contributed by atoms with van der Waals surface area (Å²) in [6.45, 7) is 5.99. The van der Waals surface area contributed by atoms with Gasteiger partial charge in [0.1, 0.15) is 0 Å². The van der Waals surface area contributed by atoms with E-state index in [0.717, 1.165) is 38.7 Å². The number of aliphatic imine (C=N–C) groups is 1. The maximum absolute atomic E-state index is 6.10. The summed E-state index contributed by atoms with van der Waals surface area (Å²) < 4.78 is 5.16. The normalized spacial score (nSPS) is 26.1. The maximum Gasteiger partial charge on any atom is 0.191 e. The molecule has 110 valence electrons. The second-order valence-corrected chi connectivity index (χ2v) is 5.57. The molecular formula is C14H28N4O. The van der Waals surface area contributed by atoms with E-state index in [4.69, 9.17) is 10.5 Å². The third-order valence-electron chi connectivity index (χ3n) is 4.23. The maximum atomic E-state index is 6.10. The van der Waals surface area contributed by atoms with E-state index in [-0.39, 0.29) is 0 Å². The standard InChI is InChI=1S/C14H28N4O/c1-19-11-10-17-9-5-6-13(17)12-16-14(15)18-7-3-2-4-8-18/h13H,2-12H2,1H3,(H2,15,16). The van der Waals surface area contributed by atoms with Crippen LogP contribution in [0.25, 0.3) is 0 Å². The van der Waals surface area contributed by atoms with E-state index in [9.17, 15) is 0 Å². The highest BCUT2D eigenvalue weighted by Crippen LogP contribution is 2.17. The fourth-order valence-corrected chi connectivity index (χ4v) is 3.03. The summed E-state index contributed by atoms with van der Waals surface area (Å²) in [5.74, 6) is 0.748. The molecule has 0 bridgehead atoms. The van der Waals surface area contributed by atoms with E-state index in [2.05, 4.69) is 14.8 Å². The van der Waals surface area contributed by atoms with Gasteiger partial charge in [-0.3, -0.25) is 9.89 Å². The Morgan fingerprint density at radius 2 is 2.00 bits per heavy atom. The van der Waals surface area contributed by atoms with Gasteiger partial charge in [-0.25, -0.2) is 0 Å². The Morgan fingerprint density at radius 3 is 2.74 bits per heavy atom. The minimum absolute atomic E-state index is 0.554. The van der Waals surface area contributed by atoms with Crippen molar-refractivity contribution < 1.29 is 4.74 Å². The largest absolute Gasteiger partial charge is 0.383 e. The van der Waals surface area contributed by atoms with Crippen molar-refractivity contribution in [3.63, 3.8) is 0 Å². The van der Waals surface area contributed by atoms with E-state index >= 15 is 0 Å². The number of guanidine groups is 1. The van der Waals surface area contributed by atoms with Gasteiger partial charge >= 0.3 is 0 Å². The van der Waals surface area contributed by atoms with Gasteiger partial charge in [-0.05, 0) is 38.6 Å².